The summed E-state index contributed by atoms with van der Waals surface area (Å²) in [6.45, 7) is 1.37. The first kappa shape index (κ1) is 10.7. The van der Waals surface area contributed by atoms with Crippen molar-refractivity contribution >= 4 is 5.97 Å². The number of carboxylic acid groups (broad SMARTS) is 1. The van der Waals surface area contributed by atoms with E-state index in [9.17, 15) is 4.79 Å². The molecule has 16 heavy (non-hydrogen) atoms. The van der Waals surface area contributed by atoms with E-state index >= 15 is 0 Å². The van der Waals surface area contributed by atoms with Crippen molar-refractivity contribution in [1.29, 1.82) is 0 Å². The van der Waals surface area contributed by atoms with Crippen LogP contribution in [0.25, 0.3) is 0 Å². The first-order valence-corrected chi connectivity index (χ1v) is 5.02. The van der Waals surface area contributed by atoms with Gasteiger partial charge in [-0.25, -0.2) is 0 Å². The molecule has 0 saturated heterocycles. The summed E-state index contributed by atoms with van der Waals surface area (Å²) in [5, 5.41) is 13.2. The number of aliphatic carboxylic acids is 1. The largest absolute Gasteiger partial charge is 0.481 e. The van der Waals surface area contributed by atoms with Crippen molar-refractivity contribution in [2.75, 3.05) is 6.61 Å². The molecule has 2 rings (SSSR count). The van der Waals surface area contributed by atoms with Crippen LogP contribution in [-0.4, -0.2) is 27.5 Å². The molecular weight excluding hydrogens is 208 g/mol. The highest BCUT2D eigenvalue weighted by Gasteiger charge is 2.22. The minimum absolute atomic E-state index is 0.0621. The lowest BCUT2D eigenvalue weighted by molar-refractivity contribution is -0.136. The van der Waals surface area contributed by atoms with E-state index in [0.717, 1.165) is 17.7 Å². The van der Waals surface area contributed by atoms with Gasteiger partial charge >= 0.3 is 5.97 Å². The summed E-state index contributed by atoms with van der Waals surface area (Å²) in [5.74, 6) is 1.59. The maximum absolute atomic E-state index is 10.8. The van der Waals surface area contributed by atoms with Crippen molar-refractivity contribution in [3.8, 4) is 12.3 Å². The first-order valence-electron chi connectivity index (χ1n) is 5.02. The van der Waals surface area contributed by atoms with Crippen molar-refractivity contribution in [3.63, 3.8) is 0 Å². The molecule has 1 N–H and O–H groups in total. The fourth-order valence-corrected chi connectivity index (χ4v) is 1.86. The second kappa shape index (κ2) is 4.37. The van der Waals surface area contributed by atoms with Gasteiger partial charge in [0.15, 0.2) is 0 Å². The number of hydrogen-bond acceptors (Lipinski definition) is 3. The Bertz CT molecular complexity index is 457. The van der Waals surface area contributed by atoms with Gasteiger partial charge in [-0.2, -0.15) is 5.10 Å². The van der Waals surface area contributed by atoms with Crippen LogP contribution in [0.5, 0.6) is 0 Å². The molecule has 0 atom stereocenters. The molecule has 0 aliphatic carbocycles. The Morgan fingerprint density at radius 1 is 1.69 bits per heavy atom. The number of ether oxygens (including phenoxy) is 1. The molecule has 0 saturated carbocycles. The van der Waals surface area contributed by atoms with E-state index in [1.54, 1.807) is 4.68 Å². The highest BCUT2D eigenvalue weighted by atomic mass is 16.5. The van der Waals surface area contributed by atoms with Crippen LogP contribution in [0, 0.1) is 12.3 Å². The molecule has 0 radical (unpaired) electrons. The fourth-order valence-electron chi connectivity index (χ4n) is 1.86. The second-order valence-corrected chi connectivity index (χ2v) is 3.61. The molecule has 0 amide bonds. The van der Waals surface area contributed by atoms with Gasteiger partial charge in [0.25, 0.3) is 0 Å². The van der Waals surface area contributed by atoms with Gasteiger partial charge in [0.1, 0.15) is 6.54 Å². The third-order valence-corrected chi connectivity index (χ3v) is 2.54. The van der Waals surface area contributed by atoms with E-state index in [1.165, 1.54) is 0 Å². The minimum Gasteiger partial charge on any atom is -0.481 e. The van der Waals surface area contributed by atoms with Crippen LogP contribution in [0.2, 0.25) is 0 Å². The topological polar surface area (TPSA) is 64.4 Å². The summed E-state index contributed by atoms with van der Waals surface area (Å²) in [6.07, 6.45) is 5.89. The van der Waals surface area contributed by atoms with E-state index < -0.39 is 5.97 Å². The molecule has 84 valence electrons. The third kappa shape index (κ3) is 1.92. The predicted octanol–water partition coefficient (Wildman–Crippen LogP) is 0.216. The maximum atomic E-state index is 10.8. The lowest BCUT2D eigenvalue weighted by Crippen LogP contribution is -2.12. The molecule has 5 heteroatoms. The van der Waals surface area contributed by atoms with Crippen LogP contribution in [0.4, 0.5) is 0 Å². The van der Waals surface area contributed by atoms with Crippen LogP contribution < -0.4 is 0 Å². The Balaban J connectivity index is 2.40. The average molecular weight is 220 g/mol. The highest BCUT2D eigenvalue weighted by Crippen LogP contribution is 2.21. The summed E-state index contributed by atoms with van der Waals surface area (Å²) >= 11 is 0. The Kier molecular flexibility index (Phi) is 2.93. The molecule has 0 aromatic carbocycles. The number of carbonyl (C=O) groups is 1. The SMILES string of the molecule is C#CCn1nc2c(c1CC(=O)O)COCC2. The number of rotatable bonds is 3. The molecule has 1 aromatic rings. The molecule has 2 heterocycles. The Morgan fingerprint density at radius 3 is 3.19 bits per heavy atom. The van der Waals surface area contributed by atoms with E-state index in [0.29, 0.717) is 25.5 Å². The molecule has 1 aromatic heterocycles. The lowest BCUT2D eigenvalue weighted by Gasteiger charge is -2.11. The van der Waals surface area contributed by atoms with E-state index in [2.05, 4.69) is 11.0 Å². The zero-order valence-corrected chi connectivity index (χ0v) is 8.77. The Hall–Kier alpha value is -1.80. The molecule has 5 nitrogen and oxygen atoms in total. The fraction of sp³-hybridized carbons (Fsp3) is 0.455. The summed E-state index contributed by atoms with van der Waals surface area (Å²) in [4.78, 5) is 10.8. The average Bonchev–Trinajstić information content (AvgIpc) is 2.57. The van der Waals surface area contributed by atoms with Gasteiger partial charge in [-0.15, -0.1) is 6.42 Å². The number of nitrogens with zero attached hydrogens (tertiary/aromatic N) is 2. The Labute approximate surface area is 93.0 Å². The number of carboxylic acids is 1. The zero-order chi connectivity index (χ0) is 11.5. The standard InChI is InChI=1S/C11H12N2O3/c1-2-4-13-10(6-11(14)15)8-7-16-5-3-9(8)12-13/h1H,3-7H2,(H,14,15). The third-order valence-electron chi connectivity index (χ3n) is 2.54. The van der Waals surface area contributed by atoms with Crippen molar-refractivity contribution in [1.82, 2.24) is 9.78 Å². The second-order valence-electron chi connectivity index (χ2n) is 3.61. The van der Waals surface area contributed by atoms with Gasteiger partial charge in [-0.3, -0.25) is 9.48 Å². The summed E-state index contributed by atoms with van der Waals surface area (Å²) < 4.78 is 6.90. The number of fused-ring (bicyclic) bond motifs is 1. The van der Waals surface area contributed by atoms with Gasteiger partial charge in [-0.05, 0) is 0 Å². The molecule has 0 unspecified atom stereocenters. The highest BCUT2D eigenvalue weighted by molar-refractivity contribution is 5.70. The van der Waals surface area contributed by atoms with Gasteiger partial charge in [-0.1, -0.05) is 5.92 Å². The van der Waals surface area contributed by atoms with Crippen LogP contribution >= 0.6 is 0 Å². The summed E-state index contributed by atoms with van der Waals surface area (Å²) in [7, 11) is 0. The van der Waals surface area contributed by atoms with Gasteiger partial charge in [0.05, 0.1) is 31.0 Å². The van der Waals surface area contributed by atoms with Crippen molar-refractivity contribution in [2.45, 2.75) is 26.0 Å². The molecule has 0 fully saturated rings. The zero-order valence-electron chi connectivity index (χ0n) is 8.77. The van der Waals surface area contributed by atoms with Gasteiger partial charge in [0.2, 0.25) is 0 Å². The van der Waals surface area contributed by atoms with Gasteiger partial charge < -0.3 is 9.84 Å². The van der Waals surface area contributed by atoms with Crippen LogP contribution in [0.15, 0.2) is 0 Å². The number of terminal acetylenes is 1. The quantitative estimate of drug-likeness (QED) is 0.740. The predicted molar refractivity (Wildman–Crippen MR) is 55.8 cm³/mol. The number of hydrogen-bond donors (Lipinski definition) is 1. The smallest absolute Gasteiger partial charge is 0.309 e. The van der Waals surface area contributed by atoms with E-state index in [4.69, 9.17) is 16.3 Å². The van der Waals surface area contributed by atoms with Crippen molar-refractivity contribution in [2.24, 2.45) is 0 Å². The minimum atomic E-state index is -0.883. The molecule has 1 aliphatic heterocycles. The van der Waals surface area contributed by atoms with Gasteiger partial charge in [0, 0.05) is 12.0 Å². The van der Waals surface area contributed by atoms with Crippen LogP contribution in [-0.2, 0) is 35.5 Å². The van der Waals surface area contributed by atoms with Crippen LogP contribution in [0.1, 0.15) is 17.0 Å². The number of aromatic nitrogens is 2. The monoisotopic (exact) mass is 220 g/mol. The first-order chi connectivity index (χ1) is 7.72. The normalized spacial score (nSPS) is 14.2. The van der Waals surface area contributed by atoms with Crippen molar-refractivity contribution in [3.05, 3.63) is 17.0 Å². The Morgan fingerprint density at radius 2 is 2.50 bits per heavy atom. The van der Waals surface area contributed by atoms with Crippen LogP contribution in [0.3, 0.4) is 0 Å². The molecular formula is C11H12N2O3. The maximum Gasteiger partial charge on any atom is 0.309 e. The molecule has 0 bridgehead atoms. The van der Waals surface area contributed by atoms with E-state index in [-0.39, 0.29) is 6.42 Å². The summed E-state index contributed by atoms with van der Waals surface area (Å²) in [6, 6.07) is 0. The molecule has 0 spiro atoms. The summed E-state index contributed by atoms with van der Waals surface area (Å²) in [5.41, 5.74) is 2.47. The van der Waals surface area contributed by atoms with E-state index in [1.807, 2.05) is 0 Å². The molecule has 1 aliphatic rings. The lowest BCUT2D eigenvalue weighted by atomic mass is 10.1. The van der Waals surface area contributed by atoms with Crippen molar-refractivity contribution < 1.29 is 14.6 Å².